The SMILES string of the molecule is Cc1ccc(CC(=O)c2c(F)ccc3c2OCC(C)CS3(=O)=O)cc1F. The van der Waals surface area contributed by atoms with Crippen LogP contribution in [-0.4, -0.2) is 26.6 Å². The molecule has 1 aliphatic rings. The standard InChI is InChI=1S/C19H18F2O4S/c1-11-9-25-19-17(26(23,24)10-11)6-5-14(20)18(19)16(22)8-13-4-3-12(2)15(21)7-13/h3-7,11H,8-10H2,1-2H3. The maximum atomic E-state index is 14.4. The summed E-state index contributed by atoms with van der Waals surface area (Å²) < 4.78 is 58.5. The molecule has 0 saturated carbocycles. The number of rotatable bonds is 3. The fourth-order valence-corrected chi connectivity index (χ4v) is 4.69. The summed E-state index contributed by atoms with van der Waals surface area (Å²) >= 11 is 0. The highest BCUT2D eigenvalue weighted by atomic mass is 32.2. The molecule has 0 bridgehead atoms. The lowest BCUT2D eigenvalue weighted by Gasteiger charge is -2.13. The van der Waals surface area contributed by atoms with Crippen LogP contribution in [0.25, 0.3) is 0 Å². The Labute approximate surface area is 150 Å². The van der Waals surface area contributed by atoms with Gasteiger partial charge < -0.3 is 4.74 Å². The van der Waals surface area contributed by atoms with Gasteiger partial charge in [-0.25, -0.2) is 17.2 Å². The van der Waals surface area contributed by atoms with Crippen LogP contribution in [0.3, 0.4) is 0 Å². The Bertz CT molecular complexity index is 983. The van der Waals surface area contributed by atoms with Crippen LogP contribution in [0, 0.1) is 24.5 Å². The minimum absolute atomic E-state index is 0.0646. The molecule has 2 aromatic carbocycles. The van der Waals surface area contributed by atoms with E-state index in [1.165, 1.54) is 12.1 Å². The Morgan fingerprint density at radius 2 is 1.92 bits per heavy atom. The van der Waals surface area contributed by atoms with Crippen LogP contribution in [0.2, 0.25) is 0 Å². The van der Waals surface area contributed by atoms with Crippen molar-refractivity contribution in [3.8, 4) is 5.75 Å². The van der Waals surface area contributed by atoms with Gasteiger partial charge in [-0.1, -0.05) is 19.1 Å². The van der Waals surface area contributed by atoms with Crippen LogP contribution in [0.5, 0.6) is 5.75 Å². The van der Waals surface area contributed by atoms with Gasteiger partial charge in [-0.3, -0.25) is 4.79 Å². The van der Waals surface area contributed by atoms with Crippen molar-refractivity contribution < 1.29 is 26.7 Å². The number of sulfone groups is 1. The predicted molar refractivity (Wildman–Crippen MR) is 92.3 cm³/mol. The fraction of sp³-hybridized carbons (Fsp3) is 0.316. The number of Topliss-reactive ketones (excluding diaryl/α,β-unsaturated/α-hetero) is 1. The lowest BCUT2D eigenvalue weighted by Crippen LogP contribution is -2.15. The van der Waals surface area contributed by atoms with E-state index in [2.05, 4.69) is 0 Å². The van der Waals surface area contributed by atoms with Crippen molar-refractivity contribution in [2.45, 2.75) is 25.2 Å². The fourth-order valence-electron chi connectivity index (χ4n) is 2.95. The third kappa shape index (κ3) is 3.49. The molecule has 2 aromatic rings. The predicted octanol–water partition coefficient (Wildman–Crippen LogP) is 3.50. The molecule has 1 aliphatic heterocycles. The molecule has 0 spiro atoms. The lowest BCUT2D eigenvalue weighted by molar-refractivity contribution is 0.0983. The third-order valence-corrected chi connectivity index (χ3v) is 6.30. The number of ether oxygens (including phenoxy) is 1. The zero-order chi connectivity index (χ0) is 19.1. The Kier molecular flexibility index (Phi) is 4.84. The first-order chi connectivity index (χ1) is 12.2. The molecule has 0 aliphatic carbocycles. The van der Waals surface area contributed by atoms with Crippen LogP contribution in [0.1, 0.15) is 28.4 Å². The smallest absolute Gasteiger partial charge is 0.182 e. The van der Waals surface area contributed by atoms with Crippen molar-refractivity contribution in [2.75, 3.05) is 12.4 Å². The van der Waals surface area contributed by atoms with E-state index in [1.807, 2.05) is 0 Å². The third-order valence-electron chi connectivity index (χ3n) is 4.30. The van der Waals surface area contributed by atoms with Gasteiger partial charge in [0.2, 0.25) is 0 Å². The Morgan fingerprint density at radius 3 is 2.62 bits per heavy atom. The highest BCUT2D eigenvalue weighted by Crippen LogP contribution is 2.35. The van der Waals surface area contributed by atoms with Crippen molar-refractivity contribution in [3.05, 3.63) is 58.7 Å². The molecule has 1 atom stereocenters. The summed E-state index contributed by atoms with van der Waals surface area (Å²) in [7, 11) is -3.69. The highest BCUT2D eigenvalue weighted by Gasteiger charge is 2.32. The number of aryl methyl sites for hydroxylation is 1. The zero-order valence-corrected chi connectivity index (χ0v) is 15.2. The van der Waals surface area contributed by atoms with Crippen molar-refractivity contribution in [2.24, 2.45) is 5.92 Å². The average Bonchev–Trinajstić information content (AvgIpc) is 2.66. The van der Waals surface area contributed by atoms with Crippen LogP contribution >= 0.6 is 0 Å². The second-order valence-electron chi connectivity index (χ2n) is 6.63. The highest BCUT2D eigenvalue weighted by molar-refractivity contribution is 7.91. The first-order valence-electron chi connectivity index (χ1n) is 8.15. The van der Waals surface area contributed by atoms with E-state index in [-0.39, 0.29) is 35.3 Å². The quantitative estimate of drug-likeness (QED) is 0.604. The first-order valence-corrected chi connectivity index (χ1v) is 9.80. The van der Waals surface area contributed by atoms with E-state index in [1.54, 1.807) is 19.9 Å². The molecule has 3 rings (SSSR count). The molecular weight excluding hydrogens is 362 g/mol. The molecule has 0 saturated heterocycles. The second-order valence-corrected chi connectivity index (χ2v) is 8.63. The average molecular weight is 380 g/mol. The number of carbonyl (C=O) groups excluding carboxylic acids is 1. The molecule has 1 heterocycles. The van der Waals surface area contributed by atoms with Gasteiger partial charge >= 0.3 is 0 Å². The van der Waals surface area contributed by atoms with Gasteiger partial charge in [-0.05, 0) is 36.2 Å². The first kappa shape index (κ1) is 18.5. The molecule has 0 fully saturated rings. The summed E-state index contributed by atoms with van der Waals surface area (Å²) in [5.74, 6) is -2.65. The number of hydrogen-bond acceptors (Lipinski definition) is 4. The summed E-state index contributed by atoms with van der Waals surface area (Å²) in [5, 5.41) is 0. The van der Waals surface area contributed by atoms with E-state index in [0.717, 1.165) is 12.1 Å². The van der Waals surface area contributed by atoms with Gasteiger partial charge in [-0.15, -0.1) is 0 Å². The Balaban J connectivity index is 2.05. The van der Waals surface area contributed by atoms with Crippen molar-refractivity contribution in [1.29, 1.82) is 0 Å². The summed E-state index contributed by atoms with van der Waals surface area (Å²) in [5.41, 5.74) is 0.408. The molecule has 0 radical (unpaired) electrons. The number of hydrogen-bond donors (Lipinski definition) is 0. The number of fused-ring (bicyclic) bond motifs is 1. The topological polar surface area (TPSA) is 60.4 Å². The summed E-state index contributed by atoms with van der Waals surface area (Å²) in [6.07, 6.45) is -0.260. The number of ketones is 1. The summed E-state index contributed by atoms with van der Waals surface area (Å²) in [6, 6.07) is 6.41. The number of halogens is 2. The van der Waals surface area contributed by atoms with Gasteiger partial charge in [0.1, 0.15) is 16.5 Å². The number of benzene rings is 2. The van der Waals surface area contributed by atoms with Crippen LogP contribution < -0.4 is 4.74 Å². The minimum Gasteiger partial charge on any atom is -0.491 e. The number of carbonyl (C=O) groups is 1. The van der Waals surface area contributed by atoms with Gasteiger partial charge in [0, 0.05) is 12.3 Å². The minimum atomic E-state index is -3.69. The van der Waals surface area contributed by atoms with Crippen LogP contribution in [0.4, 0.5) is 8.78 Å². The van der Waals surface area contributed by atoms with E-state index in [4.69, 9.17) is 4.74 Å². The molecule has 0 aromatic heterocycles. The largest absolute Gasteiger partial charge is 0.491 e. The molecule has 26 heavy (non-hydrogen) atoms. The normalized spacial score (nSPS) is 18.5. The van der Waals surface area contributed by atoms with Gasteiger partial charge in [0.15, 0.2) is 21.4 Å². The molecule has 0 amide bonds. The molecular formula is C19H18F2O4S. The van der Waals surface area contributed by atoms with Crippen molar-refractivity contribution in [1.82, 2.24) is 0 Å². The molecule has 7 heteroatoms. The van der Waals surface area contributed by atoms with Crippen molar-refractivity contribution >= 4 is 15.6 Å². The maximum Gasteiger partial charge on any atom is 0.182 e. The van der Waals surface area contributed by atoms with Gasteiger partial charge in [-0.2, -0.15) is 0 Å². The Morgan fingerprint density at radius 1 is 1.19 bits per heavy atom. The van der Waals surface area contributed by atoms with Gasteiger partial charge in [0.25, 0.3) is 0 Å². The van der Waals surface area contributed by atoms with E-state index in [9.17, 15) is 22.0 Å². The maximum absolute atomic E-state index is 14.4. The van der Waals surface area contributed by atoms with E-state index >= 15 is 0 Å². The molecule has 4 nitrogen and oxygen atoms in total. The summed E-state index contributed by atoms with van der Waals surface area (Å²) in [4.78, 5) is 12.5. The Hall–Kier alpha value is -2.28. The summed E-state index contributed by atoms with van der Waals surface area (Å²) in [6.45, 7) is 3.36. The second kappa shape index (κ2) is 6.79. The molecule has 138 valence electrons. The van der Waals surface area contributed by atoms with E-state index in [0.29, 0.717) is 11.1 Å². The van der Waals surface area contributed by atoms with Crippen LogP contribution in [-0.2, 0) is 16.3 Å². The van der Waals surface area contributed by atoms with Crippen molar-refractivity contribution in [3.63, 3.8) is 0 Å². The van der Waals surface area contributed by atoms with Crippen LogP contribution in [0.15, 0.2) is 35.2 Å². The molecule has 1 unspecified atom stereocenters. The van der Waals surface area contributed by atoms with E-state index < -0.39 is 32.8 Å². The monoisotopic (exact) mass is 380 g/mol. The zero-order valence-electron chi connectivity index (χ0n) is 14.4. The lowest BCUT2D eigenvalue weighted by atomic mass is 10.0. The van der Waals surface area contributed by atoms with Gasteiger partial charge in [0.05, 0.1) is 17.9 Å². The molecule has 0 N–H and O–H groups in total.